The lowest BCUT2D eigenvalue weighted by Crippen LogP contribution is -2.28. The van der Waals surface area contributed by atoms with Crippen LogP contribution in [0.15, 0.2) is 23.2 Å². The summed E-state index contributed by atoms with van der Waals surface area (Å²) >= 11 is 13.2. The van der Waals surface area contributed by atoms with Crippen molar-refractivity contribution < 1.29 is 9.59 Å². The van der Waals surface area contributed by atoms with Gasteiger partial charge < -0.3 is 10.6 Å². The van der Waals surface area contributed by atoms with Gasteiger partial charge in [0, 0.05) is 13.0 Å². The molecule has 1 aromatic rings. The SMILES string of the molecule is CCCN=C1NC(=O)[C@@H](CC(=O)Nc2cccc(Cl)c2Cl)S1. The number of aliphatic imine (C=N–C) groups is 1. The largest absolute Gasteiger partial charge is 0.325 e. The molecule has 0 aliphatic carbocycles. The summed E-state index contributed by atoms with van der Waals surface area (Å²) in [5.74, 6) is -0.499. The molecule has 2 amide bonds. The molecule has 1 atom stereocenters. The van der Waals surface area contributed by atoms with Gasteiger partial charge in [0.05, 0.1) is 15.7 Å². The van der Waals surface area contributed by atoms with Crippen molar-refractivity contribution in [1.82, 2.24) is 5.32 Å². The minimum atomic E-state index is -0.478. The van der Waals surface area contributed by atoms with Gasteiger partial charge in [0.15, 0.2) is 5.17 Å². The molecule has 1 aliphatic heterocycles. The molecule has 1 aromatic carbocycles. The van der Waals surface area contributed by atoms with Crippen LogP contribution in [0, 0.1) is 0 Å². The first-order valence-electron chi connectivity index (χ1n) is 6.77. The molecule has 0 saturated carbocycles. The summed E-state index contributed by atoms with van der Waals surface area (Å²) in [5, 5.41) is 6.09. The maximum Gasteiger partial charge on any atom is 0.240 e. The Kier molecular flexibility index (Phi) is 6.11. The number of nitrogens with one attached hydrogen (secondary N) is 2. The average molecular weight is 360 g/mol. The second kappa shape index (κ2) is 7.85. The van der Waals surface area contributed by atoms with E-state index in [0.717, 1.165) is 6.42 Å². The average Bonchev–Trinajstić information content (AvgIpc) is 2.82. The topological polar surface area (TPSA) is 70.6 Å². The van der Waals surface area contributed by atoms with Crippen molar-refractivity contribution in [3.05, 3.63) is 28.2 Å². The lowest BCUT2D eigenvalue weighted by Gasteiger charge is -2.09. The molecule has 0 radical (unpaired) electrons. The van der Waals surface area contributed by atoms with Gasteiger partial charge in [-0.15, -0.1) is 0 Å². The molecule has 8 heteroatoms. The van der Waals surface area contributed by atoms with E-state index in [1.807, 2.05) is 6.92 Å². The molecule has 118 valence electrons. The summed E-state index contributed by atoms with van der Waals surface area (Å²) in [4.78, 5) is 28.1. The van der Waals surface area contributed by atoms with Crippen LogP contribution in [0.4, 0.5) is 5.69 Å². The molecule has 1 saturated heterocycles. The number of benzene rings is 1. The van der Waals surface area contributed by atoms with Crippen molar-refractivity contribution in [3.63, 3.8) is 0 Å². The van der Waals surface area contributed by atoms with Crippen molar-refractivity contribution >= 4 is 57.6 Å². The van der Waals surface area contributed by atoms with E-state index in [2.05, 4.69) is 15.6 Å². The number of carbonyl (C=O) groups is 2. The highest BCUT2D eigenvalue weighted by atomic mass is 35.5. The smallest absolute Gasteiger partial charge is 0.240 e. The number of amidine groups is 1. The Morgan fingerprint density at radius 1 is 1.45 bits per heavy atom. The van der Waals surface area contributed by atoms with Gasteiger partial charge in [0.1, 0.15) is 5.25 Å². The van der Waals surface area contributed by atoms with Crippen molar-refractivity contribution in [3.8, 4) is 0 Å². The van der Waals surface area contributed by atoms with Crippen molar-refractivity contribution in [1.29, 1.82) is 0 Å². The van der Waals surface area contributed by atoms with Gasteiger partial charge >= 0.3 is 0 Å². The Balaban J connectivity index is 1.95. The van der Waals surface area contributed by atoms with Gasteiger partial charge in [-0.2, -0.15) is 0 Å². The number of thioether (sulfide) groups is 1. The van der Waals surface area contributed by atoms with Crippen molar-refractivity contribution in [2.45, 2.75) is 25.0 Å². The Labute approximate surface area is 142 Å². The standard InChI is InChI=1S/C14H15Cl2N3O2S/c1-2-6-17-14-19-13(21)10(22-14)7-11(20)18-9-5-3-4-8(15)12(9)16/h3-5,10H,2,6-7H2,1H3,(H,18,20)(H,17,19,21)/t10-/m1/s1. The molecular formula is C14H15Cl2N3O2S. The number of hydrogen-bond acceptors (Lipinski definition) is 4. The van der Waals surface area contributed by atoms with Gasteiger partial charge in [-0.1, -0.05) is 48.0 Å². The molecule has 0 bridgehead atoms. The van der Waals surface area contributed by atoms with Crippen LogP contribution in [-0.4, -0.2) is 28.8 Å². The van der Waals surface area contributed by atoms with Crippen LogP contribution in [0.25, 0.3) is 0 Å². The summed E-state index contributed by atoms with van der Waals surface area (Å²) in [5.41, 5.74) is 0.433. The molecule has 1 aliphatic rings. The van der Waals surface area contributed by atoms with Gasteiger partial charge in [-0.3, -0.25) is 14.6 Å². The molecule has 0 unspecified atom stereocenters. The van der Waals surface area contributed by atoms with Crippen LogP contribution >= 0.6 is 35.0 Å². The summed E-state index contributed by atoms with van der Waals surface area (Å²) < 4.78 is 0. The third-order valence-electron chi connectivity index (χ3n) is 2.85. The van der Waals surface area contributed by atoms with E-state index in [9.17, 15) is 9.59 Å². The number of nitrogens with zero attached hydrogens (tertiary/aromatic N) is 1. The number of rotatable bonds is 5. The highest BCUT2D eigenvalue weighted by molar-refractivity contribution is 8.15. The highest BCUT2D eigenvalue weighted by Crippen LogP contribution is 2.30. The molecule has 22 heavy (non-hydrogen) atoms. The first-order chi connectivity index (χ1) is 10.5. The minimum absolute atomic E-state index is 0.0461. The van der Waals surface area contributed by atoms with E-state index in [0.29, 0.717) is 22.4 Å². The zero-order chi connectivity index (χ0) is 16.1. The predicted molar refractivity (Wildman–Crippen MR) is 91.8 cm³/mol. The molecular weight excluding hydrogens is 345 g/mol. The third-order valence-corrected chi connectivity index (χ3v) is 4.79. The second-order valence-corrected chi connectivity index (χ2v) is 6.61. The Hall–Kier alpha value is -1.24. The Morgan fingerprint density at radius 2 is 2.23 bits per heavy atom. The van der Waals surface area contributed by atoms with E-state index < -0.39 is 5.25 Å². The Bertz CT molecular complexity index is 622. The number of halogens is 2. The number of anilines is 1. The van der Waals surface area contributed by atoms with Gasteiger partial charge in [0.2, 0.25) is 11.8 Å². The van der Waals surface area contributed by atoms with E-state index in [-0.39, 0.29) is 23.3 Å². The first-order valence-corrected chi connectivity index (χ1v) is 8.40. The summed E-state index contributed by atoms with van der Waals surface area (Å²) in [7, 11) is 0. The predicted octanol–water partition coefficient (Wildman–Crippen LogP) is 3.32. The van der Waals surface area contributed by atoms with Crippen LogP contribution < -0.4 is 10.6 Å². The zero-order valence-corrected chi connectivity index (χ0v) is 14.2. The molecule has 0 aromatic heterocycles. The van der Waals surface area contributed by atoms with Crippen LogP contribution in [0.2, 0.25) is 10.0 Å². The second-order valence-electron chi connectivity index (χ2n) is 4.64. The lowest BCUT2D eigenvalue weighted by atomic mass is 10.2. The molecule has 1 heterocycles. The maximum absolute atomic E-state index is 12.1. The molecule has 2 N–H and O–H groups in total. The van der Waals surface area contributed by atoms with Gasteiger partial charge in [-0.05, 0) is 18.6 Å². The number of amides is 2. The first kappa shape index (κ1) is 17.1. The third kappa shape index (κ3) is 4.38. The van der Waals surface area contributed by atoms with E-state index in [4.69, 9.17) is 23.2 Å². The van der Waals surface area contributed by atoms with Crippen LogP contribution in [0.1, 0.15) is 19.8 Å². The zero-order valence-electron chi connectivity index (χ0n) is 11.9. The number of hydrogen-bond donors (Lipinski definition) is 2. The van der Waals surface area contributed by atoms with Crippen LogP contribution in [-0.2, 0) is 9.59 Å². The molecule has 5 nitrogen and oxygen atoms in total. The van der Waals surface area contributed by atoms with Gasteiger partial charge in [-0.25, -0.2) is 0 Å². The summed E-state index contributed by atoms with van der Waals surface area (Å²) in [6.07, 6.45) is 0.947. The fourth-order valence-corrected chi connectivity index (χ4v) is 3.14. The minimum Gasteiger partial charge on any atom is -0.325 e. The normalized spacial score (nSPS) is 19.3. The van der Waals surface area contributed by atoms with Crippen molar-refractivity contribution in [2.75, 3.05) is 11.9 Å². The van der Waals surface area contributed by atoms with E-state index in [1.54, 1.807) is 18.2 Å². The number of carbonyl (C=O) groups excluding carboxylic acids is 2. The maximum atomic E-state index is 12.1. The van der Waals surface area contributed by atoms with Crippen LogP contribution in [0.3, 0.4) is 0 Å². The Morgan fingerprint density at radius 3 is 2.95 bits per heavy atom. The quantitative estimate of drug-likeness (QED) is 0.846. The van der Waals surface area contributed by atoms with Gasteiger partial charge in [0.25, 0.3) is 0 Å². The molecule has 0 spiro atoms. The monoisotopic (exact) mass is 359 g/mol. The molecule has 2 rings (SSSR count). The summed E-state index contributed by atoms with van der Waals surface area (Å²) in [6, 6.07) is 4.98. The van der Waals surface area contributed by atoms with Crippen molar-refractivity contribution in [2.24, 2.45) is 4.99 Å². The van der Waals surface area contributed by atoms with E-state index in [1.165, 1.54) is 11.8 Å². The van der Waals surface area contributed by atoms with Crippen LogP contribution in [0.5, 0.6) is 0 Å². The highest BCUT2D eigenvalue weighted by Gasteiger charge is 2.32. The fourth-order valence-electron chi connectivity index (χ4n) is 1.80. The summed E-state index contributed by atoms with van der Waals surface area (Å²) in [6.45, 7) is 2.66. The molecule has 1 fully saturated rings. The fraction of sp³-hybridized carbons (Fsp3) is 0.357. The van der Waals surface area contributed by atoms with E-state index >= 15 is 0 Å². The lowest BCUT2D eigenvalue weighted by molar-refractivity contribution is -0.122.